The largest absolute Gasteiger partial charge is 0.481 e. The summed E-state index contributed by atoms with van der Waals surface area (Å²) in [5.41, 5.74) is 0.459. The van der Waals surface area contributed by atoms with Crippen LogP contribution in [0.1, 0.15) is 6.92 Å². The zero-order valence-electron chi connectivity index (χ0n) is 15.6. The highest BCUT2D eigenvalue weighted by Gasteiger charge is 2.26. The van der Waals surface area contributed by atoms with Crippen molar-refractivity contribution < 1.29 is 22.7 Å². The lowest BCUT2D eigenvalue weighted by Gasteiger charge is -2.26. The fourth-order valence-corrected chi connectivity index (χ4v) is 4.39. The number of hydrogen-bond donors (Lipinski definition) is 1. The Hall–Kier alpha value is -1.84. The minimum atomic E-state index is -3.58. The number of hydrogen-bond acceptors (Lipinski definition) is 5. The van der Waals surface area contributed by atoms with Crippen molar-refractivity contribution in [3.05, 3.63) is 52.5 Å². The molecule has 1 aliphatic rings. The third kappa shape index (κ3) is 5.40. The summed E-state index contributed by atoms with van der Waals surface area (Å²) in [4.78, 5) is 12.5. The second-order valence-corrected chi connectivity index (χ2v) is 9.12. The van der Waals surface area contributed by atoms with E-state index < -0.39 is 16.1 Å². The maximum atomic E-state index is 12.6. The van der Waals surface area contributed by atoms with Crippen molar-refractivity contribution in [1.82, 2.24) is 4.31 Å². The van der Waals surface area contributed by atoms with Gasteiger partial charge in [-0.2, -0.15) is 4.31 Å². The molecule has 156 valence electrons. The van der Waals surface area contributed by atoms with Gasteiger partial charge in [-0.15, -0.1) is 0 Å². The second kappa shape index (κ2) is 9.32. The molecule has 1 unspecified atom stereocenters. The van der Waals surface area contributed by atoms with E-state index in [1.165, 1.54) is 34.6 Å². The summed E-state index contributed by atoms with van der Waals surface area (Å²) in [5.74, 6) is 0.0221. The van der Waals surface area contributed by atoms with E-state index in [2.05, 4.69) is 5.32 Å². The molecule has 7 nitrogen and oxygen atoms in total. The number of ether oxygens (including phenoxy) is 2. The van der Waals surface area contributed by atoms with Crippen LogP contribution in [0.15, 0.2) is 47.4 Å². The average Bonchev–Trinajstić information content (AvgIpc) is 2.72. The molecule has 0 saturated carbocycles. The molecular formula is C19H20Cl2N2O5S. The maximum absolute atomic E-state index is 12.6. The summed E-state index contributed by atoms with van der Waals surface area (Å²) in [5, 5.41) is 3.41. The van der Waals surface area contributed by atoms with Gasteiger partial charge in [-0.25, -0.2) is 8.42 Å². The van der Waals surface area contributed by atoms with Gasteiger partial charge < -0.3 is 14.8 Å². The van der Waals surface area contributed by atoms with E-state index in [0.717, 1.165) is 0 Å². The standard InChI is InChI=1S/C19H20Cl2N2O5S/c1-13(28-15-4-7-17(20)18(21)12-15)19(24)22-14-2-5-16(6-3-14)29(25,26)23-8-10-27-11-9-23/h2-7,12-13H,8-11H2,1H3,(H,22,24). The molecule has 2 aromatic carbocycles. The summed E-state index contributed by atoms with van der Waals surface area (Å²) in [6.07, 6.45) is -0.802. The normalized spacial score (nSPS) is 16.2. The summed E-state index contributed by atoms with van der Waals surface area (Å²) in [7, 11) is -3.58. The molecule has 1 atom stereocenters. The van der Waals surface area contributed by atoms with Gasteiger partial charge in [-0.1, -0.05) is 23.2 Å². The molecule has 1 fully saturated rings. The number of anilines is 1. The van der Waals surface area contributed by atoms with Crippen molar-refractivity contribution in [3.63, 3.8) is 0 Å². The number of amides is 1. The summed E-state index contributed by atoms with van der Waals surface area (Å²) in [6.45, 7) is 3.00. The van der Waals surface area contributed by atoms with Crippen molar-refractivity contribution in [3.8, 4) is 5.75 Å². The Bertz CT molecular complexity index is 977. The molecule has 1 aliphatic heterocycles. The smallest absolute Gasteiger partial charge is 0.265 e. The fraction of sp³-hybridized carbons (Fsp3) is 0.316. The average molecular weight is 459 g/mol. The van der Waals surface area contributed by atoms with Crippen LogP contribution < -0.4 is 10.1 Å². The number of sulfonamides is 1. The van der Waals surface area contributed by atoms with Crippen LogP contribution in [0.25, 0.3) is 0 Å². The first kappa shape index (κ1) is 21.9. The van der Waals surface area contributed by atoms with Crippen molar-refractivity contribution in [2.24, 2.45) is 0 Å². The Morgan fingerprint density at radius 2 is 1.76 bits per heavy atom. The number of morpholine rings is 1. The Labute approximate surface area is 179 Å². The number of nitrogens with zero attached hydrogens (tertiary/aromatic N) is 1. The van der Waals surface area contributed by atoms with Gasteiger partial charge in [0.15, 0.2) is 6.10 Å². The van der Waals surface area contributed by atoms with Gasteiger partial charge in [0.2, 0.25) is 10.0 Å². The Morgan fingerprint density at radius 1 is 1.10 bits per heavy atom. The van der Waals surface area contributed by atoms with Crippen LogP contribution in [0.4, 0.5) is 5.69 Å². The van der Waals surface area contributed by atoms with E-state index in [-0.39, 0.29) is 10.8 Å². The van der Waals surface area contributed by atoms with E-state index in [9.17, 15) is 13.2 Å². The molecule has 0 bridgehead atoms. The summed E-state index contributed by atoms with van der Waals surface area (Å²) in [6, 6.07) is 10.7. The van der Waals surface area contributed by atoms with Crippen LogP contribution in [-0.4, -0.2) is 51.0 Å². The van der Waals surface area contributed by atoms with Crippen LogP contribution in [0.2, 0.25) is 10.0 Å². The van der Waals surface area contributed by atoms with Crippen molar-refractivity contribution in [2.75, 3.05) is 31.6 Å². The maximum Gasteiger partial charge on any atom is 0.265 e. The number of halogens is 2. The van der Waals surface area contributed by atoms with Crippen LogP contribution in [0, 0.1) is 0 Å². The van der Waals surface area contributed by atoms with E-state index >= 15 is 0 Å². The molecule has 2 aromatic rings. The van der Waals surface area contributed by atoms with Gasteiger partial charge in [0.05, 0.1) is 28.2 Å². The van der Waals surface area contributed by atoms with Gasteiger partial charge in [0.25, 0.3) is 5.91 Å². The molecule has 1 saturated heterocycles. The molecule has 0 aromatic heterocycles. The topological polar surface area (TPSA) is 84.9 Å². The molecule has 29 heavy (non-hydrogen) atoms. The van der Waals surface area contributed by atoms with Crippen LogP contribution in [0.3, 0.4) is 0 Å². The molecule has 0 aliphatic carbocycles. The van der Waals surface area contributed by atoms with Crippen LogP contribution >= 0.6 is 23.2 Å². The lowest BCUT2D eigenvalue weighted by atomic mass is 10.3. The third-order valence-electron chi connectivity index (χ3n) is 4.30. The third-order valence-corrected chi connectivity index (χ3v) is 6.95. The molecule has 1 heterocycles. The molecule has 0 radical (unpaired) electrons. The highest BCUT2D eigenvalue weighted by atomic mass is 35.5. The number of rotatable bonds is 6. The van der Waals surface area contributed by atoms with E-state index in [4.69, 9.17) is 32.7 Å². The predicted molar refractivity (Wildman–Crippen MR) is 111 cm³/mol. The summed E-state index contributed by atoms with van der Waals surface area (Å²) >= 11 is 11.8. The fourth-order valence-electron chi connectivity index (χ4n) is 2.70. The van der Waals surface area contributed by atoms with Gasteiger partial charge in [0.1, 0.15) is 5.75 Å². The molecule has 10 heteroatoms. The lowest BCUT2D eigenvalue weighted by molar-refractivity contribution is -0.122. The zero-order chi connectivity index (χ0) is 21.0. The minimum absolute atomic E-state index is 0.164. The van der Waals surface area contributed by atoms with Gasteiger partial charge >= 0.3 is 0 Å². The Balaban J connectivity index is 1.62. The zero-order valence-corrected chi connectivity index (χ0v) is 17.9. The molecule has 1 amide bonds. The predicted octanol–water partition coefficient (Wildman–Crippen LogP) is 3.42. The van der Waals surface area contributed by atoms with Crippen LogP contribution in [0.5, 0.6) is 5.75 Å². The van der Waals surface area contributed by atoms with Crippen molar-refractivity contribution in [1.29, 1.82) is 0 Å². The van der Waals surface area contributed by atoms with E-state index in [0.29, 0.717) is 47.8 Å². The van der Waals surface area contributed by atoms with E-state index in [1.54, 1.807) is 19.1 Å². The highest BCUT2D eigenvalue weighted by molar-refractivity contribution is 7.89. The Kier molecular flexibility index (Phi) is 7.02. The Morgan fingerprint density at radius 3 is 2.38 bits per heavy atom. The first-order valence-electron chi connectivity index (χ1n) is 8.88. The molecular weight excluding hydrogens is 439 g/mol. The highest BCUT2D eigenvalue weighted by Crippen LogP contribution is 2.27. The van der Waals surface area contributed by atoms with Gasteiger partial charge in [-0.3, -0.25) is 4.79 Å². The molecule has 1 N–H and O–H groups in total. The lowest BCUT2D eigenvalue weighted by Crippen LogP contribution is -2.40. The number of benzene rings is 2. The SMILES string of the molecule is CC(Oc1ccc(Cl)c(Cl)c1)C(=O)Nc1ccc(S(=O)(=O)N2CCOCC2)cc1. The first-order valence-corrected chi connectivity index (χ1v) is 11.1. The first-order chi connectivity index (χ1) is 13.8. The minimum Gasteiger partial charge on any atom is -0.481 e. The summed E-state index contributed by atoms with van der Waals surface area (Å²) < 4.78 is 37.4. The van der Waals surface area contributed by atoms with E-state index in [1.807, 2.05) is 0 Å². The number of carbonyl (C=O) groups is 1. The monoisotopic (exact) mass is 458 g/mol. The van der Waals surface area contributed by atoms with Crippen LogP contribution in [-0.2, 0) is 19.6 Å². The number of nitrogens with one attached hydrogen (secondary N) is 1. The molecule has 3 rings (SSSR count). The van der Waals surface area contributed by atoms with Crippen molar-refractivity contribution in [2.45, 2.75) is 17.9 Å². The second-order valence-electron chi connectivity index (χ2n) is 6.37. The van der Waals surface area contributed by atoms with Gasteiger partial charge in [0, 0.05) is 24.8 Å². The quantitative estimate of drug-likeness (QED) is 0.716. The molecule has 0 spiro atoms. The number of carbonyl (C=O) groups excluding carboxylic acids is 1. The van der Waals surface area contributed by atoms with Crippen molar-refractivity contribution >= 4 is 44.8 Å². The van der Waals surface area contributed by atoms with Gasteiger partial charge in [-0.05, 0) is 43.3 Å².